The molecule has 1 fully saturated rings. The molecule has 110 valence electrons. The molecule has 1 aromatic carbocycles. The van der Waals surface area contributed by atoms with Crippen molar-refractivity contribution in [2.24, 2.45) is 0 Å². The fourth-order valence-electron chi connectivity index (χ4n) is 2.30. The third-order valence-electron chi connectivity index (χ3n) is 3.67. The maximum Gasteiger partial charge on any atom is 0.251 e. The highest BCUT2D eigenvalue weighted by atomic mass is 32.2. The van der Waals surface area contributed by atoms with Crippen molar-refractivity contribution in [3.8, 4) is 0 Å². The van der Waals surface area contributed by atoms with Gasteiger partial charge < -0.3 is 10.6 Å². The maximum absolute atomic E-state index is 12.2. The van der Waals surface area contributed by atoms with E-state index >= 15 is 0 Å². The zero-order valence-corrected chi connectivity index (χ0v) is 12.6. The Balaban J connectivity index is 2.09. The van der Waals surface area contributed by atoms with Gasteiger partial charge in [0.05, 0.1) is 4.90 Å². The lowest BCUT2D eigenvalue weighted by atomic mass is 9.90. The largest absolute Gasteiger partial charge is 0.347 e. The summed E-state index contributed by atoms with van der Waals surface area (Å²) in [5, 5.41) is 6.30. The van der Waals surface area contributed by atoms with Gasteiger partial charge in [0.1, 0.15) is 0 Å². The van der Waals surface area contributed by atoms with Crippen LogP contribution >= 0.6 is 0 Å². The molecule has 1 aliphatic rings. The summed E-state index contributed by atoms with van der Waals surface area (Å²) in [6.45, 7) is 3.82. The second kappa shape index (κ2) is 5.54. The minimum Gasteiger partial charge on any atom is -0.347 e. The van der Waals surface area contributed by atoms with Crippen LogP contribution in [0.25, 0.3) is 0 Å². The SMILES string of the molecule is CC1(NC(=O)c2ccc(S(C)(=O)=O)cc2)CCNCC1. The molecular weight excluding hydrogens is 276 g/mol. The third-order valence-corrected chi connectivity index (χ3v) is 4.80. The first-order chi connectivity index (χ1) is 9.30. The average molecular weight is 296 g/mol. The van der Waals surface area contributed by atoms with Crippen LogP contribution in [-0.4, -0.2) is 39.2 Å². The molecule has 1 aromatic rings. The second-order valence-electron chi connectivity index (χ2n) is 5.56. The molecule has 0 aromatic heterocycles. The molecule has 20 heavy (non-hydrogen) atoms. The van der Waals surface area contributed by atoms with Crippen molar-refractivity contribution in [1.29, 1.82) is 0 Å². The van der Waals surface area contributed by atoms with Gasteiger partial charge in [-0.05, 0) is 57.1 Å². The molecule has 2 N–H and O–H groups in total. The highest BCUT2D eigenvalue weighted by Crippen LogP contribution is 2.18. The second-order valence-corrected chi connectivity index (χ2v) is 7.58. The van der Waals surface area contributed by atoms with Gasteiger partial charge in [-0.2, -0.15) is 0 Å². The molecule has 0 spiro atoms. The van der Waals surface area contributed by atoms with Gasteiger partial charge in [-0.1, -0.05) is 0 Å². The van der Waals surface area contributed by atoms with Gasteiger partial charge in [0.15, 0.2) is 9.84 Å². The number of piperidine rings is 1. The first kappa shape index (κ1) is 15.0. The summed E-state index contributed by atoms with van der Waals surface area (Å²) < 4.78 is 22.7. The zero-order chi connectivity index (χ0) is 14.8. The van der Waals surface area contributed by atoms with Crippen molar-refractivity contribution in [2.75, 3.05) is 19.3 Å². The predicted molar refractivity (Wildman–Crippen MR) is 77.5 cm³/mol. The third kappa shape index (κ3) is 3.58. The maximum atomic E-state index is 12.2. The van der Waals surface area contributed by atoms with Crippen LogP contribution < -0.4 is 10.6 Å². The molecule has 0 aliphatic carbocycles. The van der Waals surface area contributed by atoms with Crippen molar-refractivity contribution in [1.82, 2.24) is 10.6 Å². The van der Waals surface area contributed by atoms with Gasteiger partial charge in [0.2, 0.25) is 0 Å². The van der Waals surface area contributed by atoms with Crippen molar-refractivity contribution in [2.45, 2.75) is 30.2 Å². The van der Waals surface area contributed by atoms with Gasteiger partial charge in [-0.25, -0.2) is 8.42 Å². The summed E-state index contributed by atoms with van der Waals surface area (Å²) in [6, 6.07) is 6.04. The molecule has 0 saturated carbocycles. The summed E-state index contributed by atoms with van der Waals surface area (Å²) in [6.07, 6.45) is 2.93. The number of hydrogen-bond acceptors (Lipinski definition) is 4. The molecule has 6 heteroatoms. The molecule has 5 nitrogen and oxygen atoms in total. The van der Waals surface area contributed by atoms with Crippen molar-refractivity contribution in [3.63, 3.8) is 0 Å². The zero-order valence-electron chi connectivity index (χ0n) is 11.8. The Labute approximate surface area is 119 Å². The van der Waals surface area contributed by atoms with E-state index in [0.29, 0.717) is 5.56 Å². The molecule has 1 saturated heterocycles. The quantitative estimate of drug-likeness (QED) is 0.871. The van der Waals surface area contributed by atoms with Crippen molar-refractivity contribution < 1.29 is 13.2 Å². The van der Waals surface area contributed by atoms with Crippen LogP contribution in [0.4, 0.5) is 0 Å². The van der Waals surface area contributed by atoms with Crippen LogP contribution in [0.5, 0.6) is 0 Å². The summed E-state index contributed by atoms with van der Waals surface area (Å²) >= 11 is 0. The lowest BCUT2D eigenvalue weighted by Gasteiger charge is -2.35. The number of sulfone groups is 1. The lowest BCUT2D eigenvalue weighted by Crippen LogP contribution is -2.52. The first-order valence-electron chi connectivity index (χ1n) is 6.64. The van der Waals surface area contributed by atoms with Gasteiger partial charge in [0, 0.05) is 17.4 Å². The topological polar surface area (TPSA) is 75.3 Å². The van der Waals surface area contributed by atoms with Gasteiger partial charge in [-0.3, -0.25) is 4.79 Å². The molecule has 0 unspecified atom stereocenters. The van der Waals surface area contributed by atoms with E-state index in [1.807, 2.05) is 6.92 Å². The first-order valence-corrected chi connectivity index (χ1v) is 8.53. The molecule has 1 heterocycles. The van der Waals surface area contributed by atoms with E-state index in [4.69, 9.17) is 0 Å². The van der Waals surface area contributed by atoms with Gasteiger partial charge in [0.25, 0.3) is 5.91 Å². The van der Waals surface area contributed by atoms with Gasteiger partial charge >= 0.3 is 0 Å². The van der Waals surface area contributed by atoms with E-state index in [-0.39, 0.29) is 16.3 Å². The van der Waals surface area contributed by atoms with E-state index in [0.717, 1.165) is 32.2 Å². The molecule has 1 amide bonds. The standard InChI is InChI=1S/C14H20N2O3S/c1-14(7-9-15-10-8-14)16-13(17)11-3-5-12(6-4-11)20(2,18)19/h3-6,15H,7-10H2,1-2H3,(H,16,17). The van der Waals surface area contributed by atoms with Crippen LogP contribution in [-0.2, 0) is 9.84 Å². The van der Waals surface area contributed by atoms with E-state index in [1.165, 1.54) is 12.1 Å². The predicted octanol–water partition coefficient (Wildman–Crippen LogP) is 0.962. The molecule has 1 aliphatic heterocycles. The Bertz CT molecular complexity index is 587. The number of carbonyl (C=O) groups excluding carboxylic acids is 1. The minimum absolute atomic E-state index is 0.158. The number of nitrogens with one attached hydrogen (secondary N) is 2. The Kier molecular flexibility index (Phi) is 4.15. The Hall–Kier alpha value is -1.40. The van der Waals surface area contributed by atoms with E-state index < -0.39 is 9.84 Å². The Morgan fingerprint density at radius 3 is 2.25 bits per heavy atom. The minimum atomic E-state index is -3.22. The smallest absolute Gasteiger partial charge is 0.251 e. The van der Waals surface area contributed by atoms with E-state index in [9.17, 15) is 13.2 Å². The number of benzene rings is 1. The highest BCUT2D eigenvalue weighted by molar-refractivity contribution is 7.90. The monoisotopic (exact) mass is 296 g/mol. The average Bonchev–Trinajstić information content (AvgIpc) is 2.38. The van der Waals surface area contributed by atoms with Gasteiger partial charge in [-0.15, -0.1) is 0 Å². The Morgan fingerprint density at radius 1 is 1.20 bits per heavy atom. The number of rotatable bonds is 3. The molecule has 0 atom stereocenters. The van der Waals surface area contributed by atoms with Crippen LogP contribution in [0.15, 0.2) is 29.2 Å². The molecule has 2 rings (SSSR count). The fourth-order valence-corrected chi connectivity index (χ4v) is 2.93. The normalized spacial score (nSPS) is 18.5. The highest BCUT2D eigenvalue weighted by Gasteiger charge is 2.28. The molecule has 0 bridgehead atoms. The summed E-state index contributed by atoms with van der Waals surface area (Å²) in [4.78, 5) is 12.4. The van der Waals surface area contributed by atoms with Crippen LogP contribution in [0.3, 0.4) is 0 Å². The summed E-state index contributed by atoms with van der Waals surface area (Å²) in [5.74, 6) is -0.158. The van der Waals surface area contributed by atoms with Crippen LogP contribution in [0.2, 0.25) is 0 Å². The summed E-state index contributed by atoms with van der Waals surface area (Å²) in [5.41, 5.74) is 0.287. The van der Waals surface area contributed by atoms with E-state index in [1.54, 1.807) is 12.1 Å². The Morgan fingerprint density at radius 2 is 1.75 bits per heavy atom. The van der Waals surface area contributed by atoms with Crippen molar-refractivity contribution >= 4 is 15.7 Å². The molecular formula is C14H20N2O3S. The van der Waals surface area contributed by atoms with Crippen LogP contribution in [0, 0.1) is 0 Å². The van der Waals surface area contributed by atoms with Crippen LogP contribution in [0.1, 0.15) is 30.1 Å². The lowest BCUT2D eigenvalue weighted by molar-refractivity contribution is 0.0887. The number of hydrogen-bond donors (Lipinski definition) is 2. The number of amides is 1. The van der Waals surface area contributed by atoms with E-state index in [2.05, 4.69) is 10.6 Å². The fraction of sp³-hybridized carbons (Fsp3) is 0.500. The van der Waals surface area contributed by atoms with Crippen molar-refractivity contribution in [3.05, 3.63) is 29.8 Å². The number of carbonyl (C=O) groups is 1. The molecule has 0 radical (unpaired) electrons. The summed E-state index contributed by atoms with van der Waals surface area (Å²) in [7, 11) is -3.22.